The van der Waals surface area contributed by atoms with Crippen molar-refractivity contribution in [3.05, 3.63) is 57.8 Å². The fraction of sp³-hybridized carbons (Fsp3) is 0.250. The van der Waals surface area contributed by atoms with Crippen LogP contribution in [0.15, 0.2) is 41.8 Å². The maximum Gasteiger partial charge on any atom is 0.251 e. The first-order valence-corrected chi connectivity index (χ1v) is 7.67. The van der Waals surface area contributed by atoms with E-state index in [9.17, 15) is 9.59 Å². The zero-order valence-corrected chi connectivity index (χ0v) is 12.7. The summed E-state index contributed by atoms with van der Waals surface area (Å²) in [5, 5.41) is 7.44. The largest absolute Gasteiger partial charge is 0.354 e. The summed E-state index contributed by atoms with van der Waals surface area (Å²) in [6.45, 7) is 2.45. The third-order valence-electron chi connectivity index (χ3n) is 3.07. The summed E-state index contributed by atoms with van der Waals surface area (Å²) < 4.78 is 0. The lowest BCUT2D eigenvalue weighted by Gasteiger charge is -2.08. The van der Waals surface area contributed by atoms with Crippen LogP contribution in [-0.2, 0) is 11.2 Å². The van der Waals surface area contributed by atoms with E-state index in [-0.39, 0.29) is 18.4 Å². The Morgan fingerprint density at radius 1 is 1.10 bits per heavy atom. The number of amides is 2. The predicted octanol–water partition coefficient (Wildman–Crippen LogP) is 2.15. The highest BCUT2D eigenvalue weighted by Crippen LogP contribution is 2.08. The molecule has 0 unspecified atom stereocenters. The molecule has 0 spiro atoms. The maximum absolute atomic E-state index is 11.9. The molecule has 2 amide bonds. The van der Waals surface area contributed by atoms with Gasteiger partial charge >= 0.3 is 0 Å². The van der Waals surface area contributed by atoms with Gasteiger partial charge in [0.05, 0.1) is 6.54 Å². The summed E-state index contributed by atoms with van der Waals surface area (Å²) in [5.41, 5.74) is 1.50. The number of aryl methyl sites for hydroxylation is 1. The minimum absolute atomic E-state index is 0.00237. The van der Waals surface area contributed by atoms with E-state index >= 15 is 0 Å². The Labute approximate surface area is 128 Å². The van der Waals surface area contributed by atoms with Crippen LogP contribution in [-0.4, -0.2) is 24.9 Å². The molecular weight excluding hydrogens is 284 g/mol. The Bertz CT molecular complexity index is 608. The minimum atomic E-state index is -0.221. The van der Waals surface area contributed by atoms with Gasteiger partial charge < -0.3 is 10.6 Å². The van der Waals surface area contributed by atoms with Gasteiger partial charge in [-0.2, -0.15) is 0 Å². The van der Waals surface area contributed by atoms with Gasteiger partial charge in [0.15, 0.2) is 0 Å². The summed E-state index contributed by atoms with van der Waals surface area (Å²) in [6, 6.07) is 11.3. The van der Waals surface area contributed by atoms with Gasteiger partial charge in [-0.05, 0) is 36.4 Å². The van der Waals surface area contributed by atoms with Crippen molar-refractivity contribution in [2.45, 2.75) is 13.3 Å². The highest BCUT2D eigenvalue weighted by molar-refractivity contribution is 7.09. The monoisotopic (exact) mass is 302 g/mol. The van der Waals surface area contributed by atoms with Crippen molar-refractivity contribution < 1.29 is 9.59 Å². The van der Waals surface area contributed by atoms with Gasteiger partial charge in [-0.25, -0.2) is 0 Å². The van der Waals surface area contributed by atoms with Gasteiger partial charge in [-0.15, -0.1) is 11.3 Å². The molecule has 0 aliphatic rings. The van der Waals surface area contributed by atoms with Crippen LogP contribution in [0.2, 0.25) is 0 Å². The highest BCUT2D eigenvalue weighted by Gasteiger charge is 2.09. The van der Waals surface area contributed by atoms with Crippen LogP contribution in [0.5, 0.6) is 0 Å². The number of hydrogen-bond donors (Lipinski definition) is 2. The molecule has 0 saturated carbocycles. The molecule has 2 rings (SSSR count). The molecule has 1 heterocycles. The Hall–Kier alpha value is -2.14. The molecule has 110 valence electrons. The van der Waals surface area contributed by atoms with Crippen LogP contribution in [0, 0.1) is 6.92 Å². The number of carbonyl (C=O) groups excluding carboxylic acids is 2. The lowest BCUT2D eigenvalue weighted by atomic mass is 10.1. The molecule has 4 nitrogen and oxygen atoms in total. The number of carbonyl (C=O) groups is 2. The fourth-order valence-corrected chi connectivity index (χ4v) is 2.63. The highest BCUT2D eigenvalue weighted by atomic mass is 32.1. The van der Waals surface area contributed by atoms with Crippen molar-refractivity contribution in [1.29, 1.82) is 0 Å². The van der Waals surface area contributed by atoms with Crippen molar-refractivity contribution in [2.75, 3.05) is 13.1 Å². The van der Waals surface area contributed by atoms with E-state index in [0.29, 0.717) is 12.1 Å². The van der Waals surface area contributed by atoms with Crippen molar-refractivity contribution >= 4 is 23.2 Å². The van der Waals surface area contributed by atoms with Crippen molar-refractivity contribution in [3.63, 3.8) is 0 Å². The zero-order chi connectivity index (χ0) is 15.1. The second kappa shape index (κ2) is 7.59. The normalized spacial score (nSPS) is 10.1. The van der Waals surface area contributed by atoms with Crippen LogP contribution >= 0.6 is 11.3 Å². The van der Waals surface area contributed by atoms with Gasteiger partial charge in [0.25, 0.3) is 5.91 Å². The predicted molar refractivity (Wildman–Crippen MR) is 84.5 cm³/mol. The maximum atomic E-state index is 11.9. The summed E-state index contributed by atoms with van der Waals surface area (Å²) >= 11 is 1.67. The SMILES string of the molecule is Cc1ccccc1C(=O)NCC(=O)NCCc1cccs1. The Morgan fingerprint density at radius 3 is 2.62 bits per heavy atom. The fourth-order valence-electron chi connectivity index (χ4n) is 1.93. The van der Waals surface area contributed by atoms with Gasteiger partial charge in [0.2, 0.25) is 5.91 Å². The lowest BCUT2D eigenvalue weighted by Crippen LogP contribution is -2.37. The summed E-state index contributed by atoms with van der Waals surface area (Å²) in [4.78, 5) is 24.8. The minimum Gasteiger partial charge on any atom is -0.354 e. The van der Waals surface area contributed by atoms with Gasteiger partial charge in [-0.3, -0.25) is 9.59 Å². The Balaban J connectivity index is 1.71. The zero-order valence-electron chi connectivity index (χ0n) is 11.9. The molecule has 1 aromatic carbocycles. The molecule has 5 heteroatoms. The summed E-state index contributed by atoms with van der Waals surface area (Å²) in [7, 11) is 0. The number of thiophene rings is 1. The number of rotatable bonds is 6. The van der Waals surface area contributed by atoms with Gasteiger partial charge in [0, 0.05) is 17.0 Å². The number of nitrogens with one attached hydrogen (secondary N) is 2. The van der Waals surface area contributed by atoms with Crippen LogP contribution in [0.25, 0.3) is 0 Å². The van der Waals surface area contributed by atoms with E-state index in [1.54, 1.807) is 17.4 Å². The standard InChI is InChI=1S/C16H18N2O2S/c1-12-5-2-3-7-14(12)16(20)18-11-15(19)17-9-8-13-6-4-10-21-13/h2-7,10H,8-9,11H2,1H3,(H,17,19)(H,18,20). The molecule has 2 aromatic rings. The number of hydrogen-bond acceptors (Lipinski definition) is 3. The van der Waals surface area contributed by atoms with Crippen molar-refractivity contribution in [3.8, 4) is 0 Å². The summed E-state index contributed by atoms with van der Waals surface area (Å²) in [6.07, 6.45) is 0.815. The average Bonchev–Trinajstić information content (AvgIpc) is 2.98. The molecule has 2 N–H and O–H groups in total. The summed E-state index contributed by atoms with van der Waals surface area (Å²) in [5.74, 6) is -0.394. The smallest absolute Gasteiger partial charge is 0.251 e. The van der Waals surface area contributed by atoms with Crippen LogP contribution < -0.4 is 10.6 Å². The topological polar surface area (TPSA) is 58.2 Å². The van der Waals surface area contributed by atoms with Crippen LogP contribution in [0.1, 0.15) is 20.8 Å². The molecule has 0 radical (unpaired) electrons. The van der Waals surface area contributed by atoms with Crippen molar-refractivity contribution in [2.24, 2.45) is 0 Å². The second-order valence-electron chi connectivity index (χ2n) is 4.68. The molecule has 0 aliphatic carbocycles. The quantitative estimate of drug-likeness (QED) is 0.859. The lowest BCUT2D eigenvalue weighted by molar-refractivity contribution is -0.120. The van der Waals surface area contributed by atoms with Crippen molar-refractivity contribution in [1.82, 2.24) is 10.6 Å². The molecule has 0 fully saturated rings. The first-order valence-electron chi connectivity index (χ1n) is 6.79. The second-order valence-corrected chi connectivity index (χ2v) is 5.71. The molecule has 21 heavy (non-hydrogen) atoms. The van der Waals surface area contributed by atoms with E-state index in [1.165, 1.54) is 4.88 Å². The van der Waals surface area contributed by atoms with Crippen LogP contribution in [0.3, 0.4) is 0 Å². The van der Waals surface area contributed by atoms with E-state index in [0.717, 1.165) is 12.0 Å². The molecule has 0 aliphatic heterocycles. The van der Waals surface area contributed by atoms with Crippen LogP contribution in [0.4, 0.5) is 0 Å². The number of benzene rings is 1. The van der Waals surface area contributed by atoms with E-state index in [1.807, 2.05) is 42.6 Å². The molecule has 0 saturated heterocycles. The Kier molecular flexibility index (Phi) is 5.51. The third kappa shape index (κ3) is 4.72. The molecule has 0 atom stereocenters. The molecule has 1 aromatic heterocycles. The third-order valence-corrected chi connectivity index (χ3v) is 4.01. The Morgan fingerprint density at radius 2 is 1.90 bits per heavy atom. The first-order chi connectivity index (χ1) is 10.2. The first kappa shape index (κ1) is 15.3. The van der Waals surface area contributed by atoms with Gasteiger partial charge in [0.1, 0.15) is 0 Å². The van der Waals surface area contributed by atoms with E-state index < -0.39 is 0 Å². The average molecular weight is 302 g/mol. The van der Waals surface area contributed by atoms with E-state index in [2.05, 4.69) is 10.6 Å². The molecular formula is C16H18N2O2S. The molecule has 0 bridgehead atoms. The van der Waals surface area contributed by atoms with Gasteiger partial charge in [-0.1, -0.05) is 24.3 Å². The van der Waals surface area contributed by atoms with E-state index in [4.69, 9.17) is 0 Å².